The van der Waals surface area contributed by atoms with E-state index in [9.17, 15) is 18.0 Å². The quantitative estimate of drug-likeness (QED) is 0.403. The second kappa shape index (κ2) is 12.4. The second-order valence-electron chi connectivity index (χ2n) is 9.18. The number of hydrogen-bond donors (Lipinski definition) is 2. The summed E-state index contributed by atoms with van der Waals surface area (Å²) in [5.41, 5.74) is 1.82. The molecule has 0 spiro atoms. The van der Waals surface area contributed by atoms with Crippen molar-refractivity contribution < 1.29 is 18.0 Å². The monoisotopic (exact) mass is 497 g/mol. The van der Waals surface area contributed by atoms with E-state index in [1.165, 1.54) is 12.1 Å². The number of halogens is 3. The zero-order chi connectivity index (χ0) is 26.1. The molecule has 0 aliphatic rings. The number of hydrogen-bond acceptors (Lipinski definition) is 4. The summed E-state index contributed by atoms with van der Waals surface area (Å²) in [6, 6.07) is 14.6. The van der Waals surface area contributed by atoms with Crippen LogP contribution in [0.4, 0.5) is 13.2 Å². The Morgan fingerprint density at radius 1 is 1.14 bits per heavy atom. The lowest BCUT2D eigenvalue weighted by molar-refractivity contribution is -0.138. The number of rotatable bonds is 11. The first-order valence-electron chi connectivity index (χ1n) is 11.8. The summed E-state index contributed by atoms with van der Waals surface area (Å²) in [5, 5.41) is 15.1. The fraction of sp³-hybridized carbons (Fsp3) is 0.370. The molecule has 36 heavy (non-hydrogen) atoms. The van der Waals surface area contributed by atoms with Crippen molar-refractivity contribution in [2.75, 3.05) is 6.54 Å². The maximum atomic E-state index is 13.3. The molecule has 0 saturated heterocycles. The SMILES string of the molecule is CC(C)CC(CNCc1ccccc1C(F)(F)F)NC(=O)Cc1cncn1Cc1ccc(C#N)cc1. The molecular formula is C27H30F3N5O. The van der Waals surface area contributed by atoms with Gasteiger partial charge in [0.2, 0.25) is 5.91 Å². The molecular weight excluding hydrogens is 467 g/mol. The molecule has 9 heteroatoms. The molecule has 0 fully saturated rings. The molecule has 2 N–H and O–H groups in total. The number of nitrogens with one attached hydrogen (secondary N) is 2. The van der Waals surface area contributed by atoms with E-state index < -0.39 is 11.7 Å². The van der Waals surface area contributed by atoms with Crippen LogP contribution in [0.15, 0.2) is 61.1 Å². The van der Waals surface area contributed by atoms with Crippen LogP contribution >= 0.6 is 0 Å². The fourth-order valence-electron chi connectivity index (χ4n) is 4.06. The van der Waals surface area contributed by atoms with E-state index in [0.717, 1.165) is 17.3 Å². The Kier molecular flexibility index (Phi) is 9.25. The number of imidazole rings is 1. The Morgan fingerprint density at radius 2 is 1.86 bits per heavy atom. The minimum atomic E-state index is -4.41. The van der Waals surface area contributed by atoms with E-state index in [-0.39, 0.29) is 30.5 Å². The van der Waals surface area contributed by atoms with Crippen LogP contribution in [0.3, 0.4) is 0 Å². The number of amides is 1. The highest BCUT2D eigenvalue weighted by atomic mass is 19.4. The van der Waals surface area contributed by atoms with Crippen LogP contribution in [-0.4, -0.2) is 28.0 Å². The number of nitrogens with zero attached hydrogens (tertiary/aromatic N) is 3. The fourth-order valence-corrected chi connectivity index (χ4v) is 4.06. The number of carbonyl (C=O) groups is 1. The molecule has 0 saturated carbocycles. The third-order valence-corrected chi connectivity index (χ3v) is 5.73. The van der Waals surface area contributed by atoms with E-state index in [0.29, 0.717) is 31.0 Å². The van der Waals surface area contributed by atoms with Crippen LogP contribution in [0.5, 0.6) is 0 Å². The predicted molar refractivity (Wildman–Crippen MR) is 131 cm³/mol. The van der Waals surface area contributed by atoms with Gasteiger partial charge >= 0.3 is 6.18 Å². The van der Waals surface area contributed by atoms with E-state index in [1.807, 2.05) is 30.5 Å². The molecule has 0 radical (unpaired) electrons. The van der Waals surface area contributed by atoms with Crippen molar-refractivity contribution in [2.45, 2.75) is 52.0 Å². The van der Waals surface area contributed by atoms with Gasteiger partial charge in [-0.3, -0.25) is 4.79 Å². The average Bonchev–Trinajstić information content (AvgIpc) is 3.25. The zero-order valence-electron chi connectivity index (χ0n) is 20.3. The summed E-state index contributed by atoms with van der Waals surface area (Å²) in [6.45, 7) is 4.98. The molecule has 0 aliphatic heterocycles. The zero-order valence-corrected chi connectivity index (χ0v) is 20.3. The molecule has 0 aliphatic carbocycles. The first-order chi connectivity index (χ1) is 17.2. The third kappa shape index (κ3) is 7.95. The largest absolute Gasteiger partial charge is 0.416 e. The standard InChI is InChI=1S/C27H30F3N5O/c1-19(2)11-23(15-32-14-22-5-3-4-6-25(22)27(28,29)30)34-26(36)12-24-16-33-18-35(24)17-21-9-7-20(13-31)8-10-21/h3-10,16,18-19,23,32H,11-12,14-15,17H2,1-2H3,(H,34,36). The smallest absolute Gasteiger partial charge is 0.352 e. The number of aromatic nitrogens is 2. The van der Waals surface area contributed by atoms with Gasteiger partial charge in [0.15, 0.2) is 0 Å². The summed E-state index contributed by atoms with van der Waals surface area (Å²) >= 11 is 0. The number of alkyl halides is 3. The molecule has 6 nitrogen and oxygen atoms in total. The Bertz CT molecular complexity index is 1180. The van der Waals surface area contributed by atoms with Crippen LogP contribution in [0, 0.1) is 17.2 Å². The van der Waals surface area contributed by atoms with Crippen molar-refractivity contribution in [3.63, 3.8) is 0 Å². The highest BCUT2D eigenvalue weighted by molar-refractivity contribution is 5.78. The first kappa shape index (κ1) is 27.0. The van der Waals surface area contributed by atoms with Gasteiger partial charge < -0.3 is 15.2 Å². The van der Waals surface area contributed by atoms with Gasteiger partial charge in [-0.25, -0.2) is 4.98 Å². The van der Waals surface area contributed by atoms with Gasteiger partial charge in [-0.05, 0) is 41.7 Å². The summed E-state index contributed by atoms with van der Waals surface area (Å²) in [4.78, 5) is 17.0. The maximum Gasteiger partial charge on any atom is 0.416 e. The Balaban J connectivity index is 1.58. The van der Waals surface area contributed by atoms with Crippen LogP contribution in [-0.2, 0) is 30.5 Å². The molecule has 3 rings (SSSR count). The van der Waals surface area contributed by atoms with Gasteiger partial charge in [0.25, 0.3) is 0 Å². The van der Waals surface area contributed by atoms with Gasteiger partial charge in [0.1, 0.15) is 0 Å². The second-order valence-corrected chi connectivity index (χ2v) is 9.18. The Morgan fingerprint density at radius 3 is 2.53 bits per heavy atom. The van der Waals surface area contributed by atoms with Gasteiger partial charge in [-0.1, -0.05) is 44.2 Å². The van der Waals surface area contributed by atoms with Crippen LogP contribution in [0.2, 0.25) is 0 Å². The molecule has 1 amide bonds. The molecule has 3 aromatic rings. The summed E-state index contributed by atoms with van der Waals surface area (Å²) in [6.07, 6.45) is -0.296. The normalized spacial score (nSPS) is 12.4. The van der Waals surface area contributed by atoms with E-state index in [2.05, 4.69) is 21.7 Å². The minimum Gasteiger partial charge on any atom is -0.352 e. The van der Waals surface area contributed by atoms with Crippen molar-refractivity contribution in [2.24, 2.45) is 5.92 Å². The molecule has 190 valence electrons. The Labute approximate surface area is 209 Å². The number of nitriles is 1. The van der Waals surface area contributed by atoms with Crippen molar-refractivity contribution in [3.8, 4) is 6.07 Å². The predicted octanol–water partition coefficient (Wildman–Crippen LogP) is 4.69. The summed E-state index contributed by atoms with van der Waals surface area (Å²) in [7, 11) is 0. The highest BCUT2D eigenvalue weighted by Crippen LogP contribution is 2.31. The lowest BCUT2D eigenvalue weighted by atomic mass is 10.0. The van der Waals surface area contributed by atoms with E-state index in [1.54, 1.807) is 30.7 Å². The third-order valence-electron chi connectivity index (χ3n) is 5.73. The number of carbonyl (C=O) groups excluding carboxylic acids is 1. The van der Waals surface area contributed by atoms with Crippen molar-refractivity contribution in [3.05, 3.63) is 89.0 Å². The maximum absolute atomic E-state index is 13.3. The summed E-state index contributed by atoms with van der Waals surface area (Å²) in [5.74, 6) is 0.112. The molecule has 2 aromatic carbocycles. The summed E-state index contributed by atoms with van der Waals surface area (Å²) < 4.78 is 41.7. The van der Waals surface area contributed by atoms with Gasteiger partial charge in [-0.15, -0.1) is 0 Å². The first-order valence-corrected chi connectivity index (χ1v) is 11.8. The minimum absolute atomic E-state index is 0.0531. The van der Waals surface area contributed by atoms with Crippen LogP contribution in [0.25, 0.3) is 0 Å². The van der Waals surface area contributed by atoms with E-state index in [4.69, 9.17) is 5.26 Å². The van der Waals surface area contributed by atoms with Crippen molar-refractivity contribution in [1.29, 1.82) is 5.26 Å². The highest BCUT2D eigenvalue weighted by Gasteiger charge is 2.32. The molecule has 0 bridgehead atoms. The van der Waals surface area contributed by atoms with E-state index >= 15 is 0 Å². The molecule has 1 unspecified atom stereocenters. The average molecular weight is 498 g/mol. The Hall–Kier alpha value is -3.64. The van der Waals surface area contributed by atoms with Crippen LogP contribution < -0.4 is 10.6 Å². The molecule has 1 heterocycles. The van der Waals surface area contributed by atoms with Gasteiger partial charge in [0.05, 0.1) is 29.9 Å². The number of benzene rings is 2. The van der Waals surface area contributed by atoms with Crippen molar-refractivity contribution in [1.82, 2.24) is 20.2 Å². The lowest BCUT2D eigenvalue weighted by Crippen LogP contribution is -2.43. The van der Waals surface area contributed by atoms with Gasteiger partial charge in [0, 0.05) is 37.6 Å². The van der Waals surface area contributed by atoms with Crippen molar-refractivity contribution >= 4 is 5.91 Å². The molecule has 1 aromatic heterocycles. The lowest BCUT2D eigenvalue weighted by Gasteiger charge is -2.22. The van der Waals surface area contributed by atoms with Gasteiger partial charge in [-0.2, -0.15) is 18.4 Å². The molecule has 1 atom stereocenters. The topological polar surface area (TPSA) is 82.7 Å². The van der Waals surface area contributed by atoms with Crippen LogP contribution in [0.1, 0.15) is 48.2 Å².